The van der Waals surface area contributed by atoms with Gasteiger partial charge < -0.3 is 24.9 Å². The lowest BCUT2D eigenvalue weighted by atomic mass is 9.88. The van der Waals surface area contributed by atoms with Crippen LogP contribution in [0.3, 0.4) is 0 Å². The third-order valence-corrected chi connectivity index (χ3v) is 13.5. The van der Waals surface area contributed by atoms with E-state index < -0.39 is 6.04 Å². The van der Waals surface area contributed by atoms with Gasteiger partial charge in [0.05, 0.1) is 35.7 Å². The standard InChI is InChI=1S/C44H50N8O4S/c1-21(2)32(13-23(5)53)43(55)51-35-15-27(35)17-37(51)33-14-29(19-45-33)31-12-11-30(40-41(31)50-57-49-40)25-7-9-26(10-8-25)34-20-46-42(48-34)38-18-28-16-36(28)52(38)44(56)39(22(3)4)47-24(6)54/h7-12,19-22,27-28,32,35-39H,13-18H2,1-6H3,(H,46,48)(H,47,54)/t27-,28-,32+,35-,36-,37+,38+,39+/m1/s1. The highest BCUT2D eigenvalue weighted by Crippen LogP contribution is 2.54. The Bertz CT molecular complexity index is 2340. The number of Topliss-reactive ketones (excluding diaryl/α,β-unsaturated/α-hetero) is 1. The Kier molecular flexibility index (Phi) is 9.49. The van der Waals surface area contributed by atoms with Crippen molar-refractivity contribution in [1.82, 2.24) is 33.8 Å². The number of aliphatic imine (C=N–C) groups is 1. The molecule has 4 fully saturated rings. The summed E-state index contributed by atoms with van der Waals surface area (Å²) in [6, 6.07) is 12.3. The van der Waals surface area contributed by atoms with E-state index in [0.717, 1.165) is 81.8 Å². The van der Waals surface area contributed by atoms with E-state index in [1.807, 2.05) is 45.0 Å². The van der Waals surface area contributed by atoms with Crippen molar-refractivity contribution in [2.24, 2.45) is 34.6 Å². The average molecular weight is 787 g/mol. The summed E-state index contributed by atoms with van der Waals surface area (Å²) in [5.41, 5.74) is 8.67. The molecule has 2 aromatic heterocycles. The summed E-state index contributed by atoms with van der Waals surface area (Å²) in [6.07, 6.45) is 8.56. The quantitative estimate of drug-likeness (QED) is 0.157. The second-order valence-corrected chi connectivity index (χ2v) is 18.2. The summed E-state index contributed by atoms with van der Waals surface area (Å²) < 4.78 is 9.50. The highest BCUT2D eigenvalue weighted by Gasteiger charge is 2.57. The minimum absolute atomic E-state index is 0.0233. The number of aromatic amines is 1. The molecule has 3 aliphatic heterocycles. The molecule has 5 aliphatic rings. The number of carbonyl (C=O) groups is 4. The molecule has 2 N–H and O–H groups in total. The largest absolute Gasteiger partial charge is 0.344 e. The molecule has 0 radical (unpaired) electrons. The molecule has 8 atom stereocenters. The highest BCUT2D eigenvalue weighted by atomic mass is 32.1. The van der Waals surface area contributed by atoms with Crippen molar-refractivity contribution in [2.75, 3.05) is 0 Å². The molecule has 2 aromatic carbocycles. The monoisotopic (exact) mass is 786 g/mol. The Morgan fingerprint density at radius 2 is 1.44 bits per heavy atom. The van der Waals surface area contributed by atoms with Gasteiger partial charge >= 0.3 is 0 Å². The van der Waals surface area contributed by atoms with Crippen molar-refractivity contribution in [3.8, 4) is 22.4 Å². The number of nitrogens with one attached hydrogen (secondary N) is 2. The van der Waals surface area contributed by atoms with Crippen molar-refractivity contribution in [2.45, 2.75) is 110 Å². The number of ketones is 1. The van der Waals surface area contributed by atoms with Crippen LogP contribution in [-0.2, 0) is 19.2 Å². The maximum atomic E-state index is 13.9. The molecule has 2 saturated carbocycles. The molecule has 2 aliphatic carbocycles. The van der Waals surface area contributed by atoms with Gasteiger partial charge in [0.1, 0.15) is 28.7 Å². The van der Waals surface area contributed by atoms with E-state index in [4.69, 9.17) is 18.7 Å². The van der Waals surface area contributed by atoms with Gasteiger partial charge in [-0.15, -0.1) is 0 Å². The third kappa shape index (κ3) is 6.81. The summed E-state index contributed by atoms with van der Waals surface area (Å²) in [4.78, 5) is 68.9. The fraction of sp³-hybridized carbons (Fsp3) is 0.500. The molecule has 12 nitrogen and oxygen atoms in total. The second kappa shape index (κ2) is 14.4. The van der Waals surface area contributed by atoms with Gasteiger partial charge in [0.2, 0.25) is 17.7 Å². The maximum absolute atomic E-state index is 13.9. The first-order valence-corrected chi connectivity index (χ1v) is 21.2. The first-order valence-electron chi connectivity index (χ1n) is 20.5. The highest BCUT2D eigenvalue weighted by molar-refractivity contribution is 7.00. The number of aromatic nitrogens is 4. The van der Waals surface area contributed by atoms with Crippen LogP contribution < -0.4 is 5.32 Å². The first-order chi connectivity index (χ1) is 27.4. The number of benzene rings is 2. The summed E-state index contributed by atoms with van der Waals surface area (Å²) in [7, 11) is 0. The molecule has 2 saturated heterocycles. The zero-order valence-corrected chi connectivity index (χ0v) is 34.2. The summed E-state index contributed by atoms with van der Waals surface area (Å²) in [5.74, 6) is 1.45. The van der Waals surface area contributed by atoms with Crippen LogP contribution in [0.2, 0.25) is 0 Å². The number of rotatable bonds is 12. The van der Waals surface area contributed by atoms with Crippen LogP contribution in [0.4, 0.5) is 0 Å². The lowest BCUT2D eigenvalue weighted by molar-refractivity contribution is -0.140. The van der Waals surface area contributed by atoms with Gasteiger partial charge in [-0.3, -0.25) is 19.4 Å². The van der Waals surface area contributed by atoms with E-state index in [1.165, 1.54) is 18.7 Å². The molecule has 296 valence electrons. The van der Waals surface area contributed by atoms with E-state index in [0.29, 0.717) is 18.3 Å². The van der Waals surface area contributed by atoms with Crippen LogP contribution in [0.1, 0.15) is 97.5 Å². The smallest absolute Gasteiger partial charge is 0.246 e. The molecule has 0 bridgehead atoms. The predicted molar refractivity (Wildman–Crippen MR) is 220 cm³/mol. The van der Waals surface area contributed by atoms with E-state index >= 15 is 0 Å². The molecular weight excluding hydrogens is 737 g/mol. The number of carbonyl (C=O) groups excluding carboxylic acids is 4. The number of amides is 3. The van der Waals surface area contributed by atoms with E-state index in [-0.39, 0.29) is 71.8 Å². The number of nitrogens with zero attached hydrogens (tertiary/aromatic N) is 6. The van der Waals surface area contributed by atoms with Crippen LogP contribution >= 0.6 is 11.7 Å². The molecule has 57 heavy (non-hydrogen) atoms. The van der Waals surface area contributed by atoms with Crippen molar-refractivity contribution in [1.29, 1.82) is 0 Å². The average Bonchev–Trinajstić information content (AvgIpc) is 3.67. The zero-order valence-electron chi connectivity index (χ0n) is 33.4. The van der Waals surface area contributed by atoms with E-state index in [1.54, 1.807) is 6.92 Å². The van der Waals surface area contributed by atoms with Gasteiger partial charge in [-0.1, -0.05) is 64.1 Å². The summed E-state index contributed by atoms with van der Waals surface area (Å²) in [5, 5.41) is 2.88. The van der Waals surface area contributed by atoms with Crippen LogP contribution in [0, 0.1) is 29.6 Å². The Morgan fingerprint density at radius 3 is 2.09 bits per heavy atom. The van der Waals surface area contributed by atoms with Gasteiger partial charge in [-0.25, -0.2) is 4.98 Å². The Balaban J connectivity index is 0.900. The molecule has 5 heterocycles. The lowest BCUT2D eigenvalue weighted by Crippen LogP contribution is -2.51. The predicted octanol–water partition coefficient (Wildman–Crippen LogP) is 7.00. The lowest BCUT2D eigenvalue weighted by Gasteiger charge is -2.32. The van der Waals surface area contributed by atoms with Crippen LogP contribution in [0.25, 0.3) is 39.0 Å². The van der Waals surface area contributed by atoms with Gasteiger partial charge in [0, 0.05) is 60.8 Å². The van der Waals surface area contributed by atoms with E-state index in [2.05, 4.69) is 51.6 Å². The van der Waals surface area contributed by atoms with Crippen LogP contribution in [-0.4, -0.2) is 81.9 Å². The molecule has 13 heteroatoms. The minimum Gasteiger partial charge on any atom is -0.344 e. The number of fused-ring (bicyclic) bond motifs is 3. The number of allylic oxidation sites excluding steroid dienone is 1. The SMILES string of the molecule is CC(=O)C[C@H](C(=O)N1[C@@H]2C[C@@H]2C[C@H]1C1=NC=C(c2ccc(-c3ccc(-c4cnc([C@@H]5C[C@H]6C[C@H]6N5C(=O)[C@@H](NC(C)=O)C(C)C)[nH]4)cc3)c3nsnc23)C1)C(C)C. The third-order valence-electron chi connectivity index (χ3n) is 13.0. The minimum atomic E-state index is -0.561. The molecule has 0 unspecified atom stereocenters. The van der Waals surface area contributed by atoms with Crippen molar-refractivity contribution in [3.05, 3.63) is 60.2 Å². The molecule has 4 aromatic rings. The van der Waals surface area contributed by atoms with Gasteiger partial charge in [0.15, 0.2) is 0 Å². The van der Waals surface area contributed by atoms with Gasteiger partial charge in [0.25, 0.3) is 0 Å². The Hall–Kier alpha value is -5.04. The van der Waals surface area contributed by atoms with Crippen LogP contribution in [0.5, 0.6) is 0 Å². The van der Waals surface area contributed by atoms with E-state index in [9.17, 15) is 19.2 Å². The fourth-order valence-electron chi connectivity index (χ4n) is 9.75. The zero-order chi connectivity index (χ0) is 39.9. The van der Waals surface area contributed by atoms with Crippen molar-refractivity contribution >= 4 is 57.6 Å². The number of imidazole rings is 1. The Labute approximate surface area is 336 Å². The second-order valence-electron chi connectivity index (χ2n) is 17.6. The molecule has 0 spiro atoms. The number of hydrogen-bond acceptors (Lipinski definition) is 9. The molecule has 9 rings (SSSR count). The maximum Gasteiger partial charge on any atom is 0.246 e. The molecule has 3 amide bonds. The number of likely N-dealkylation sites (tertiary alicyclic amines) is 2. The van der Waals surface area contributed by atoms with Crippen molar-refractivity contribution in [3.63, 3.8) is 0 Å². The topological polar surface area (TPSA) is 154 Å². The normalized spacial score (nSPS) is 25.7. The molecular formula is C44H50N8O4S. The Morgan fingerprint density at radius 1 is 0.807 bits per heavy atom. The van der Waals surface area contributed by atoms with Gasteiger partial charge in [-0.05, 0) is 73.0 Å². The number of piperidine rings is 2. The van der Waals surface area contributed by atoms with Crippen LogP contribution in [0.15, 0.2) is 53.8 Å². The summed E-state index contributed by atoms with van der Waals surface area (Å²) in [6.45, 7) is 11.0. The van der Waals surface area contributed by atoms with Gasteiger partial charge in [-0.2, -0.15) is 8.75 Å². The number of H-pyrrole nitrogens is 1. The fourth-order valence-corrected chi connectivity index (χ4v) is 10.3. The number of hydrogen-bond donors (Lipinski definition) is 2. The first kappa shape index (κ1) is 37.5. The van der Waals surface area contributed by atoms with Crippen molar-refractivity contribution < 1.29 is 19.2 Å². The summed E-state index contributed by atoms with van der Waals surface area (Å²) >= 11 is 1.20.